The van der Waals surface area contributed by atoms with Crippen LogP contribution in [0.5, 0.6) is 0 Å². The number of aliphatic hydroxyl groups is 1. The van der Waals surface area contributed by atoms with Gasteiger partial charge in [0.2, 0.25) is 12.7 Å². The van der Waals surface area contributed by atoms with Crippen molar-refractivity contribution < 1.29 is 33.7 Å². The van der Waals surface area contributed by atoms with Crippen LogP contribution in [0.4, 0.5) is 0 Å². The second kappa shape index (κ2) is 8.54. The van der Waals surface area contributed by atoms with Gasteiger partial charge in [-0.2, -0.15) is 0 Å². The number of hydrogen-bond donors (Lipinski definition) is 1. The molecule has 11 heteroatoms. The molecule has 4 heterocycles. The van der Waals surface area contributed by atoms with E-state index in [-0.39, 0.29) is 17.6 Å². The second-order valence-corrected chi connectivity index (χ2v) is 10.1. The molecule has 0 radical (unpaired) electrons. The van der Waals surface area contributed by atoms with Crippen molar-refractivity contribution in [3.05, 3.63) is 28.8 Å². The number of β-lactam (4-membered cyclic amide) rings is 1. The molecule has 4 rings (SSSR count). The summed E-state index contributed by atoms with van der Waals surface area (Å²) in [5, 5.41) is 12.0. The van der Waals surface area contributed by atoms with Gasteiger partial charge < -0.3 is 24.2 Å². The van der Waals surface area contributed by atoms with Crippen LogP contribution in [-0.2, 0) is 35.2 Å². The number of fused-ring (bicyclic) bond motifs is 2. The number of aromatic nitrogens is 2. The Kier molecular flexibility index (Phi) is 6.06. The fourth-order valence-corrected chi connectivity index (χ4v) is 5.19. The van der Waals surface area contributed by atoms with Crippen molar-refractivity contribution in [3.8, 4) is 0 Å². The molecule has 1 amide bonds. The number of carbonyl (C=O) groups excluding carboxylic acids is 3. The van der Waals surface area contributed by atoms with Crippen LogP contribution < -0.4 is 0 Å². The minimum atomic E-state index is -0.841. The second-order valence-electron chi connectivity index (χ2n) is 9.23. The Bertz CT molecular complexity index is 1140. The molecule has 0 aromatic carbocycles. The van der Waals surface area contributed by atoms with E-state index in [1.807, 2.05) is 9.78 Å². The van der Waals surface area contributed by atoms with Crippen molar-refractivity contribution in [2.75, 3.05) is 13.9 Å². The number of carbonyl (C=O) groups is 3. The van der Waals surface area contributed by atoms with Crippen molar-refractivity contribution in [2.45, 2.75) is 52.9 Å². The topological polar surface area (TPSA) is 120 Å². The van der Waals surface area contributed by atoms with Crippen molar-refractivity contribution in [1.82, 2.24) is 14.3 Å². The van der Waals surface area contributed by atoms with Gasteiger partial charge in [0.15, 0.2) is 0 Å². The average Bonchev–Trinajstić information content (AvgIpc) is 3.39. The zero-order chi connectivity index (χ0) is 24.1. The van der Waals surface area contributed by atoms with Crippen molar-refractivity contribution >= 4 is 39.6 Å². The van der Waals surface area contributed by atoms with E-state index in [9.17, 15) is 19.5 Å². The number of ether oxygens (including phenoxy) is 3. The lowest BCUT2D eigenvalue weighted by molar-refractivity contribution is -0.175. The summed E-state index contributed by atoms with van der Waals surface area (Å²) in [6, 6.07) is -0.343. The lowest BCUT2D eigenvalue weighted by Crippen LogP contribution is -2.61. The lowest BCUT2D eigenvalue weighted by Gasteiger charge is -2.44. The minimum Gasteiger partial charge on any atom is -0.427 e. The molecule has 2 aliphatic heterocycles. The zero-order valence-corrected chi connectivity index (χ0v) is 20.0. The van der Waals surface area contributed by atoms with E-state index >= 15 is 0 Å². The highest BCUT2D eigenvalue weighted by Gasteiger charge is 2.57. The van der Waals surface area contributed by atoms with Crippen molar-refractivity contribution in [2.24, 2.45) is 11.3 Å². The molecule has 2 aliphatic rings. The summed E-state index contributed by atoms with van der Waals surface area (Å²) in [7, 11) is 1.59. The van der Waals surface area contributed by atoms with Crippen LogP contribution >= 0.6 is 11.3 Å². The van der Waals surface area contributed by atoms with Gasteiger partial charge in [0.25, 0.3) is 0 Å². The fraction of sp³-hybridized carbons (Fsp3) is 0.545. The number of esters is 2. The van der Waals surface area contributed by atoms with Crippen LogP contribution in [0, 0.1) is 11.3 Å². The zero-order valence-electron chi connectivity index (χ0n) is 19.2. The molecule has 0 saturated carbocycles. The number of thiazole rings is 1. The summed E-state index contributed by atoms with van der Waals surface area (Å²) in [6.07, 6.45) is 1.20. The van der Waals surface area contributed by atoms with Crippen molar-refractivity contribution in [3.63, 3.8) is 0 Å². The third-order valence-electron chi connectivity index (χ3n) is 5.84. The van der Waals surface area contributed by atoms with Crippen LogP contribution in [0.1, 0.15) is 45.5 Å². The summed E-state index contributed by atoms with van der Waals surface area (Å²) in [4.78, 5) is 44.5. The summed E-state index contributed by atoms with van der Waals surface area (Å²) >= 11 is 1.46. The van der Waals surface area contributed by atoms with Crippen LogP contribution in [0.2, 0.25) is 0 Å². The van der Waals surface area contributed by atoms with Gasteiger partial charge in [0, 0.05) is 18.1 Å². The van der Waals surface area contributed by atoms with Crippen LogP contribution in [0.3, 0.4) is 0 Å². The summed E-state index contributed by atoms with van der Waals surface area (Å²) in [5.74, 6) is -2.19. The quantitative estimate of drug-likeness (QED) is 0.365. The van der Waals surface area contributed by atoms with Gasteiger partial charge in [0.05, 0.1) is 35.8 Å². The number of methoxy groups -OCH3 is 1. The molecule has 0 unspecified atom stereocenters. The minimum absolute atomic E-state index is 0.107. The lowest BCUT2D eigenvalue weighted by atomic mass is 9.83. The molecule has 1 fully saturated rings. The molecule has 33 heavy (non-hydrogen) atoms. The maximum absolute atomic E-state index is 13.1. The number of aliphatic hydroxyl groups excluding tert-OH is 1. The largest absolute Gasteiger partial charge is 0.427 e. The van der Waals surface area contributed by atoms with Gasteiger partial charge in [-0.15, -0.1) is 11.3 Å². The van der Waals surface area contributed by atoms with E-state index < -0.39 is 36.2 Å². The number of hydrogen-bond acceptors (Lipinski definition) is 9. The summed E-state index contributed by atoms with van der Waals surface area (Å²) in [6.45, 7) is 6.44. The maximum atomic E-state index is 13.1. The highest BCUT2D eigenvalue weighted by molar-refractivity contribution is 7.15. The van der Waals surface area contributed by atoms with E-state index in [1.54, 1.807) is 41.1 Å². The third kappa shape index (κ3) is 3.94. The van der Waals surface area contributed by atoms with Crippen LogP contribution in [0.25, 0.3) is 10.4 Å². The van der Waals surface area contributed by atoms with E-state index in [4.69, 9.17) is 14.2 Å². The molecule has 0 bridgehead atoms. The summed E-state index contributed by atoms with van der Waals surface area (Å²) in [5.41, 5.74) is 1.48. The number of amides is 1. The predicted octanol–water partition coefficient (Wildman–Crippen LogP) is 1.95. The number of imidazole rings is 1. The molecule has 2 aromatic rings. The predicted molar refractivity (Wildman–Crippen MR) is 118 cm³/mol. The average molecular weight is 478 g/mol. The van der Waals surface area contributed by atoms with Gasteiger partial charge in [-0.25, -0.2) is 9.78 Å². The summed E-state index contributed by atoms with van der Waals surface area (Å²) < 4.78 is 17.3. The molecular weight excluding hydrogens is 450 g/mol. The van der Waals surface area contributed by atoms with Crippen LogP contribution in [-0.4, -0.2) is 63.3 Å². The number of nitrogens with zero attached hydrogens (tertiary/aromatic N) is 3. The van der Waals surface area contributed by atoms with Gasteiger partial charge in [-0.3, -0.25) is 14.0 Å². The molecule has 1 N–H and O–H groups in total. The normalized spacial score (nSPS) is 21.3. The molecule has 2 aromatic heterocycles. The Morgan fingerprint density at radius 2 is 2.06 bits per heavy atom. The van der Waals surface area contributed by atoms with Gasteiger partial charge in [0.1, 0.15) is 22.5 Å². The monoisotopic (exact) mass is 477 g/mol. The molecule has 1 saturated heterocycles. The van der Waals surface area contributed by atoms with Crippen molar-refractivity contribution in [1.29, 1.82) is 0 Å². The Balaban J connectivity index is 1.65. The SMILES string of the molecule is COCc1ncn2c(C3=C(C(=O)OCOC(=O)C(C)(C)C)N4C(=O)[C@H]([C@@H](C)O)[C@H]4C3)csc12. The molecule has 10 nitrogen and oxygen atoms in total. The number of rotatable bonds is 7. The van der Waals surface area contributed by atoms with E-state index in [1.165, 1.54) is 16.2 Å². The Labute approximate surface area is 194 Å². The molecular formula is C22H27N3O7S. The van der Waals surface area contributed by atoms with Gasteiger partial charge in [-0.05, 0) is 34.1 Å². The third-order valence-corrected chi connectivity index (χ3v) is 6.84. The van der Waals surface area contributed by atoms with E-state index in [2.05, 4.69) is 4.98 Å². The maximum Gasteiger partial charge on any atom is 0.358 e. The molecule has 178 valence electrons. The first kappa shape index (κ1) is 23.4. The Hall–Kier alpha value is -2.76. The van der Waals surface area contributed by atoms with E-state index in [0.717, 1.165) is 16.2 Å². The van der Waals surface area contributed by atoms with Gasteiger partial charge >= 0.3 is 11.9 Å². The molecule has 3 atom stereocenters. The van der Waals surface area contributed by atoms with Gasteiger partial charge in [-0.1, -0.05) is 0 Å². The molecule has 0 aliphatic carbocycles. The fourth-order valence-electron chi connectivity index (χ4n) is 4.20. The van der Waals surface area contributed by atoms with Crippen LogP contribution in [0.15, 0.2) is 17.4 Å². The first-order chi connectivity index (χ1) is 15.6. The first-order valence-electron chi connectivity index (χ1n) is 10.6. The first-order valence-corrected chi connectivity index (χ1v) is 11.5. The highest BCUT2D eigenvalue weighted by Crippen LogP contribution is 2.47. The Morgan fingerprint density at radius 1 is 1.33 bits per heavy atom. The standard InChI is InChI=1S/C22H27N3O7S/c1-11(26)16-14-6-12(15-8-33-19-13(7-30-5)23-9-24(15)19)17(25(14)18(16)27)20(28)31-10-32-21(29)22(2,3)4/h8-9,11,14,16,26H,6-7,10H2,1-5H3/t11-,14-,16-/m1/s1. The Morgan fingerprint density at radius 3 is 2.70 bits per heavy atom. The van der Waals surface area contributed by atoms with E-state index in [0.29, 0.717) is 18.6 Å². The smallest absolute Gasteiger partial charge is 0.358 e. The highest BCUT2D eigenvalue weighted by atomic mass is 32.1. The molecule has 0 spiro atoms.